The van der Waals surface area contributed by atoms with Crippen LogP contribution in [-0.4, -0.2) is 92.1 Å². The van der Waals surface area contributed by atoms with Crippen molar-refractivity contribution in [2.75, 3.05) is 26.4 Å². The first-order valence-electron chi connectivity index (χ1n) is 10.8. The molecular weight excluding hydrogens is 442 g/mol. The topological polar surface area (TPSA) is 156 Å². The summed E-state index contributed by atoms with van der Waals surface area (Å²) < 4.78 is 33.0. The summed E-state index contributed by atoms with van der Waals surface area (Å²) in [6, 6.07) is -1.07. The zero-order valence-electron chi connectivity index (χ0n) is 19.7. The van der Waals surface area contributed by atoms with Crippen molar-refractivity contribution in [2.45, 2.75) is 84.2 Å². The number of aliphatic hydroxyl groups is 1. The number of esters is 3. The van der Waals surface area contributed by atoms with Crippen LogP contribution < -0.4 is 5.32 Å². The third kappa shape index (κ3) is 10.5. The second-order valence-corrected chi connectivity index (χ2v) is 7.58. The van der Waals surface area contributed by atoms with Gasteiger partial charge in [0.2, 0.25) is 5.91 Å². The largest absolute Gasteiger partial charge is 0.463 e. The van der Waals surface area contributed by atoms with Crippen molar-refractivity contribution in [3.63, 3.8) is 0 Å². The Morgan fingerprint density at radius 2 is 1.64 bits per heavy atom. The Bertz CT molecular complexity index is 656. The van der Waals surface area contributed by atoms with Gasteiger partial charge in [-0.25, -0.2) is 0 Å². The molecule has 190 valence electrons. The molecule has 2 N–H and O–H groups in total. The zero-order chi connectivity index (χ0) is 25.0. The molecule has 1 aliphatic heterocycles. The summed E-state index contributed by atoms with van der Waals surface area (Å²) in [6.07, 6.45) is -3.62. The van der Waals surface area contributed by atoms with Gasteiger partial charge in [-0.05, 0) is 6.42 Å². The van der Waals surface area contributed by atoms with E-state index in [-0.39, 0.29) is 19.8 Å². The molecule has 6 unspecified atom stereocenters. The third-order valence-electron chi connectivity index (χ3n) is 4.57. The van der Waals surface area contributed by atoms with E-state index in [4.69, 9.17) is 28.4 Å². The average molecular weight is 478 g/mol. The Morgan fingerprint density at radius 3 is 2.15 bits per heavy atom. The highest BCUT2D eigenvalue weighted by Gasteiger charge is 2.51. The average Bonchev–Trinajstić information content (AvgIpc) is 2.71. The van der Waals surface area contributed by atoms with Crippen LogP contribution in [0, 0.1) is 0 Å². The highest BCUT2D eigenvalue weighted by molar-refractivity contribution is 5.73. The van der Waals surface area contributed by atoms with E-state index < -0.39 is 60.6 Å². The number of carbonyl (C=O) groups excluding carboxylic acids is 4. The molecule has 12 nitrogen and oxygen atoms in total. The molecule has 0 radical (unpaired) electrons. The maximum Gasteiger partial charge on any atom is 0.303 e. The van der Waals surface area contributed by atoms with Crippen LogP contribution in [0.25, 0.3) is 0 Å². The Kier molecular flexibility index (Phi) is 12.9. The van der Waals surface area contributed by atoms with Gasteiger partial charge in [-0.2, -0.15) is 0 Å². The minimum Gasteiger partial charge on any atom is -0.463 e. The van der Waals surface area contributed by atoms with Gasteiger partial charge in [0.15, 0.2) is 18.5 Å². The molecule has 1 saturated heterocycles. The van der Waals surface area contributed by atoms with Crippen LogP contribution in [0.15, 0.2) is 0 Å². The van der Waals surface area contributed by atoms with Crippen LogP contribution >= 0.6 is 0 Å². The summed E-state index contributed by atoms with van der Waals surface area (Å²) in [7, 11) is 0. The van der Waals surface area contributed by atoms with E-state index in [1.165, 1.54) is 13.8 Å². The van der Waals surface area contributed by atoms with Crippen LogP contribution in [0.5, 0.6) is 0 Å². The lowest BCUT2D eigenvalue weighted by Gasteiger charge is -2.45. The van der Waals surface area contributed by atoms with E-state index in [1.54, 1.807) is 0 Å². The van der Waals surface area contributed by atoms with Crippen LogP contribution in [0.2, 0.25) is 0 Å². The van der Waals surface area contributed by atoms with Gasteiger partial charge in [-0.3, -0.25) is 19.2 Å². The van der Waals surface area contributed by atoms with Gasteiger partial charge in [0, 0.05) is 34.3 Å². The molecule has 1 heterocycles. The Labute approximate surface area is 193 Å². The monoisotopic (exact) mass is 477 g/mol. The van der Waals surface area contributed by atoms with Crippen molar-refractivity contribution in [3.05, 3.63) is 0 Å². The summed E-state index contributed by atoms with van der Waals surface area (Å²) in [5, 5.41) is 12.2. The summed E-state index contributed by atoms with van der Waals surface area (Å²) in [5.74, 6) is -2.47. The highest BCUT2D eigenvalue weighted by Crippen LogP contribution is 2.28. The standard InChI is InChI=1S/C21H35NO11/c1-6-7-8-28-16(9-23)10-30-21-18(22-12(2)24)20(32-15(5)27)19(31-14(4)26)17(33-21)11-29-13(3)25/h16-21,23H,6-11H2,1-5H3,(H,22,24). The maximum atomic E-state index is 11.9. The lowest BCUT2D eigenvalue weighted by atomic mass is 9.96. The second kappa shape index (κ2) is 14.8. The van der Waals surface area contributed by atoms with Crippen molar-refractivity contribution in [1.82, 2.24) is 5.32 Å². The van der Waals surface area contributed by atoms with Gasteiger partial charge < -0.3 is 38.8 Å². The molecule has 0 spiro atoms. The van der Waals surface area contributed by atoms with Crippen molar-refractivity contribution < 1.29 is 52.7 Å². The Morgan fingerprint density at radius 1 is 1.00 bits per heavy atom. The number of amides is 1. The zero-order valence-corrected chi connectivity index (χ0v) is 19.7. The summed E-state index contributed by atoms with van der Waals surface area (Å²) in [5.41, 5.74) is 0. The molecule has 0 aromatic carbocycles. The van der Waals surface area contributed by atoms with Crippen LogP contribution in [-0.2, 0) is 47.6 Å². The second-order valence-electron chi connectivity index (χ2n) is 7.58. The number of carbonyl (C=O) groups is 4. The van der Waals surface area contributed by atoms with Crippen LogP contribution in [0.3, 0.4) is 0 Å². The number of nitrogens with one attached hydrogen (secondary N) is 1. The number of unbranched alkanes of at least 4 members (excludes halogenated alkanes) is 1. The molecule has 1 fully saturated rings. The lowest BCUT2D eigenvalue weighted by molar-refractivity contribution is -0.282. The predicted octanol–water partition coefficient (Wildman–Crippen LogP) is -0.163. The number of ether oxygens (including phenoxy) is 6. The van der Waals surface area contributed by atoms with Crippen molar-refractivity contribution in [1.29, 1.82) is 0 Å². The molecule has 0 aliphatic carbocycles. The number of rotatable bonds is 13. The summed E-state index contributed by atoms with van der Waals surface area (Å²) >= 11 is 0. The molecular formula is C21H35NO11. The lowest BCUT2D eigenvalue weighted by Crippen LogP contribution is -2.66. The van der Waals surface area contributed by atoms with Crippen LogP contribution in [0.4, 0.5) is 0 Å². The molecule has 6 atom stereocenters. The van der Waals surface area contributed by atoms with Gasteiger partial charge in [-0.1, -0.05) is 13.3 Å². The first kappa shape index (κ1) is 28.8. The molecule has 0 aromatic heterocycles. The van der Waals surface area contributed by atoms with Crippen molar-refractivity contribution in [2.24, 2.45) is 0 Å². The van der Waals surface area contributed by atoms with Crippen molar-refractivity contribution >= 4 is 23.8 Å². The van der Waals surface area contributed by atoms with E-state index in [0.717, 1.165) is 26.7 Å². The van der Waals surface area contributed by atoms with E-state index >= 15 is 0 Å². The smallest absolute Gasteiger partial charge is 0.303 e. The van der Waals surface area contributed by atoms with Gasteiger partial charge in [0.25, 0.3) is 0 Å². The number of aliphatic hydroxyl groups excluding tert-OH is 1. The molecule has 1 amide bonds. The Hall–Kier alpha value is -2.28. The van der Waals surface area contributed by atoms with E-state index in [2.05, 4.69) is 5.32 Å². The number of hydrogen-bond acceptors (Lipinski definition) is 11. The molecule has 12 heteroatoms. The first-order valence-corrected chi connectivity index (χ1v) is 10.8. The van der Waals surface area contributed by atoms with E-state index in [9.17, 15) is 24.3 Å². The van der Waals surface area contributed by atoms with E-state index in [0.29, 0.717) is 6.61 Å². The number of hydrogen-bond donors (Lipinski definition) is 2. The fraction of sp³-hybridized carbons (Fsp3) is 0.810. The molecule has 33 heavy (non-hydrogen) atoms. The summed E-state index contributed by atoms with van der Waals surface area (Å²) in [6.45, 7) is 6.43. The molecule has 0 saturated carbocycles. The van der Waals surface area contributed by atoms with Crippen molar-refractivity contribution in [3.8, 4) is 0 Å². The molecule has 0 bridgehead atoms. The third-order valence-corrected chi connectivity index (χ3v) is 4.57. The first-order chi connectivity index (χ1) is 15.6. The highest BCUT2D eigenvalue weighted by atomic mass is 16.7. The van der Waals surface area contributed by atoms with Gasteiger partial charge in [-0.15, -0.1) is 0 Å². The SMILES string of the molecule is CCCCOC(CO)COC1OC(COC(C)=O)C(OC(C)=O)C(OC(C)=O)C1NC(C)=O. The summed E-state index contributed by atoms with van der Waals surface area (Å²) in [4.78, 5) is 46.8. The van der Waals surface area contributed by atoms with E-state index in [1.807, 2.05) is 6.92 Å². The fourth-order valence-corrected chi connectivity index (χ4v) is 3.18. The minimum atomic E-state index is -1.21. The predicted molar refractivity (Wildman–Crippen MR) is 112 cm³/mol. The van der Waals surface area contributed by atoms with Gasteiger partial charge in [0.1, 0.15) is 24.9 Å². The Balaban J connectivity index is 3.18. The minimum absolute atomic E-state index is 0.105. The van der Waals surface area contributed by atoms with Gasteiger partial charge in [0.05, 0.1) is 13.2 Å². The molecule has 0 aromatic rings. The molecule has 1 aliphatic rings. The van der Waals surface area contributed by atoms with Gasteiger partial charge >= 0.3 is 17.9 Å². The van der Waals surface area contributed by atoms with Crippen LogP contribution in [0.1, 0.15) is 47.5 Å². The quantitative estimate of drug-likeness (QED) is 0.206. The fourth-order valence-electron chi connectivity index (χ4n) is 3.18. The normalized spacial score (nSPS) is 25.6. The molecule has 1 rings (SSSR count). The maximum absolute atomic E-state index is 11.9.